The molecule has 0 unspecified atom stereocenters. The fourth-order valence-electron chi connectivity index (χ4n) is 4.34. The van der Waals surface area contributed by atoms with Crippen molar-refractivity contribution in [2.45, 2.75) is 31.8 Å². The highest BCUT2D eigenvalue weighted by molar-refractivity contribution is 5.94. The van der Waals surface area contributed by atoms with E-state index in [2.05, 4.69) is 19.6 Å². The fourth-order valence-corrected chi connectivity index (χ4v) is 4.34. The molecule has 0 N–H and O–H groups in total. The summed E-state index contributed by atoms with van der Waals surface area (Å²) in [6, 6.07) is 5.96. The Balaban J connectivity index is 1.67. The maximum atomic E-state index is 12.4. The zero-order valence-corrected chi connectivity index (χ0v) is 15.7. The molecule has 3 atom stereocenters. The van der Waals surface area contributed by atoms with Crippen LogP contribution in [-0.4, -0.2) is 25.3 Å². The summed E-state index contributed by atoms with van der Waals surface area (Å²) in [7, 11) is 1.64. The van der Waals surface area contributed by atoms with Crippen LogP contribution in [-0.2, 0) is 20.7 Å². The Morgan fingerprint density at radius 2 is 2.26 bits per heavy atom. The second-order valence-corrected chi connectivity index (χ2v) is 7.33. The van der Waals surface area contributed by atoms with Crippen molar-refractivity contribution in [3.05, 3.63) is 54.5 Å². The molecule has 5 nitrogen and oxygen atoms in total. The number of allylic oxidation sites excluding steroid dienone is 2. The van der Waals surface area contributed by atoms with Crippen LogP contribution in [0.2, 0.25) is 0 Å². The van der Waals surface area contributed by atoms with Gasteiger partial charge in [0, 0.05) is 17.4 Å². The van der Waals surface area contributed by atoms with E-state index in [0.29, 0.717) is 18.6 Å². The molecule has 1 aromatic heterocycles. The fraction of sp³-hybridized carbons (Fsp3) is 0.409. The first-order valence-electron chi connectivity index (χ1n) is 9.26. The highest BCUT2D eigenvalue weighted by Crippen LogP contribution is 2.46. The van der Waals surface area contributed by atoms with E-state index >= 15 is 0 Å². The molecular formula is C22H24O5. The van der Waals surface area contributed by atoms with Gasteiger partial charge in [-0.05, 0) is 42.9 Å². The van der Waals surface area contributed by atoms with E-state index in [1.807, 2.05) is 12.1 Å². The topological polar surface area (TPSA) is 57.9 Å². The maximum absolute atomic E-state index is 12.4. The molecule has 1 aliphatic heterocycles. The molecule has 2 aliphatic rings. The minimum absolute atomic E-state index is 0.0971. The molecule has 2 aromatic rings. The first kappa shape index (κ1) is 17.9. The molecule has 142 valence electrons. The summed E-state index contributed by atoms with van der Waals surface area (Å²) in [4.78, 5) is 12.4. The second-order valence-electron chi connectivity index (χ2n) is 7.33. The van der Waals surface area contributed by atoms with Gasteiger partial charge in [0.15, 0.2) is 23.9 Å². The highest BCUT2D eigenvalue weighted by atomic mass is 16.7. The quantitative estimate of drug-likeness (QED) is 0.707. The Kier molecular flexibility index (Phi) is 4.56. The number of methoxy groups -OCH3 is 1. The number of benzene rings is 1. The predicted octanol–water partition coefficient (Wildman–Crippen LogP) is 4.41. The molecule has 1 saturated heterocycles. The Bertz CT molecular complexity index is 909. The number of rotatable bonds is 6. The number of ether oxygens (including phenoxy) is 3. The van der Waals surface area contributed by atoms with Gasteiger partial charge in [0.25, 0.3) is 0 Å². The van der Waals surface area contributed by atoms with Crippen molar-refractivity contribution in [1.29, 1.82) is 0 Å². The predicted molar refractivity (Wildman–Crippen MR) is 101 cm³/mol. The third kappa shape index (κ3) is 2.86. The second kappa shape index (κ2) is 6.89. The minimum atomic E-state index is -0.572. The number of hydrogen-bond donors (Lipinski definition) is 0. The van der Waals surface area contributed by atoms with Crippen LogP contribution in [0.3, 0.4) is 0 Å². The summed E-state index contributed by atoms with van der Waals surface area (Å²) in [5.41, 5.74) is 1.34. The summed E-state index contributed by atoms with van der Waals surface area (Å²) < 4.78 is 22.8. The summed E-state index contributed by atoms with van der Waals surface area (Å²) in [6.45, 7) is 6.13. The first-order valence-corrected chi connectivity index (χ1v) is 9.26. The molecule has 0 bridgehead atoms. The largest absolute Gasteiger partial charge is 0.493 e. The molecule has 0 spiro atoms. The first-order chi connectivity index (χ1) is 13.1. The van der Waals surface area contributed by atoms with Crippen molar-refractivity contribution >= 4 is 16.8 Å². The van der Waals surface area contributed by atoms with Gasteiger partial charge >= 0.3 is 0 Å². The van der Waals surface area contributed by atoms with Gasteiger partial charge in [0.1, 0.15) is 11.4 Å². The Hall–Kier alpha value is -2.53. The number of fused-ring (bicyclic) bond motifs is 2. The average molecular weight is 368 g/mol. The van der Waals surface area contributed by atoms with Crippen molar-refractivity contribution in [3.8, 4) is 5.75 Å². The van der Waals surface area contributed by atoms with E-state index < -0.39 is 5.60 Å². The number of furan rings is 1. The van der Waals surface area contributed by atoms with Crippen LogP contribution < -0.4 is 4.74 Å². The average Bonchev–Trinajstić information content (AvgIpc) is 3.30. The molecule has 2 heterocycles. The van der Waals surface area contributed by atoms with Crippen molar-refractivity contribution in [1.82, 2.24) is 0 Å². The van der Waals surface area contributed by atoms with E-state index in [0.717, 1.165) is 28.7 Å². The van der Waals surface area contributed by atoms with Crippen LogP contribution in [0.15, 0.2) is 53.4 Å². The lowest BCUT2D eigenvalue weighted by Gasteiger charge is -2.38. The van der Waals surface area contributed by atoms with E-state index in [1.165, 1.54) is 0 Å². The Morgan fingerprint density at radius 1 is 1.41 bits per heavy atom. The van der Waals surface area contributed by atoms with E-state index in [1.54, 1.807) is 25.5 Å². The van der Waals surface area contributed by atoms with E-state index in [9.17, 15) is 4.79 Å². The molecule has 1 aliphatic carbocycles. The molecule has 0 radical (unpaired) electrons. The number of carbonyl (C=O) groups is 1. The Labute approximate surface area is 158 Å². The molecule has 0 saturated carbocycles. The van der Waals surface area contributed by atoms with Gasteiger partial charge in [-0.25, -0.2) is 0 Å². The van der Waals surface area contributed by atoms with Crippen LogP contribution >= 0.6 is 0 Å². The van der Waals surface area contributed by atoms with Gasteiger partial charge in [0.05, 0.1) is 13.4 Å². The number of hydrogen-bond acceptors (Lipinski definition) is 5. The maximum Gasteiger partial charge on any atom is 0.189 e. The van der Waals surface area contributed by atoms with Crippen LogP contribution in [0, 0.1) is 11.8 Å². The minimum Gasteiger partial charge on any atom is -0.493 e. The lowest BCUT2D eigenvalue weighted by atomic mass is 9.71. The lowest BCUT2D eigenvalue weighted by Crippen LogP contribution is -2.44. The van der Waals surface area contributed by atoms with Crippen LogP contribution in [0.4, 0.5) is 0 Å². The molecular weight excluding hydrogens is 344 g/mol. The monoisotopic (exact) mass is 368 g/mol. The lowest BCUT2D eigenvalue weighted by molar-refractivity contribution is -0.123. The number of carbonyl (C=O) groups excluding carboxylic acids is 1. The van der Waals surface area contributed by atoms with Crippen LogP contribution in [0.1, 0.15) is 25.3 Å². The normalized spacial score (nSPS) is 25.6. The van der Waals surface area contributed by atoms with Gasteiger partial charge in [-0.2, -0.15) is 0 Å². The highest BCUT2D eigenvalue weighted by Gasteiger charge is 2.51. The smallest absolute Gasteiger partial charge is 0.189 e. The number of ketones is 1. The molecule has 27 heavy (non-hydrogen) atoms. The summed E-state index contributed by atoms with van der Waals surface area (Å²) in [6.07, 6.45) is 7.15. The van der Waals surface area contributed by atoms with Crippen molar-refractivity contribution in [2.24, 2.45) is 11.8 Å². The summed E-state index contributed by atoms with van der Waals surface area (Å²) in [5.74, 6) is 1.50. The van der Waals surface area contributed by atoms with E-state index in [-0.39, 0.29) is 24.4 Å². The molecule has 1 fully saturated rings. The van der Waals surface area contributed by atoms with Gasteiger partial charge in [-0.3, -0.25) is 4.79 Å². The van der Waals surface area contributed by atoms with Gasteiger partial charge in [0.2, 0.25) is 0 Å². The molecule has 0 amide bonds. The van der Waals surface area contributed by atoms with Crippen molar-refractivity contribution in [2.75, 3.05) is 13.9 Å². The van der Waals surface area contributed by atoms with Gasteiger partial charge in [-0.1, -0.05) is 19.1 Å². The summed E-state index contributed by atoms with van der Waals surface area (Å²) >= 11 is 0. The van der Waals surface area contributed by atoms with E-state index in [4.69, 9.17) is 18.6 Å². The zero-order chi connectivity index (χ0) is 19.0. The Morgan fingerprint density at radius 3 is 3.04 bits per heavy atom. The van der Waals surface area contributed by atoms with Gasteiger partial charge in [-0.15, -0.1) is 6.58 Å². The third-order valence-corrected chi connectivity index (χ3v) is 5.84. The molecule has 1 aromatic carbocycles. The SMILES string of the molecule is C=CC[C@H]1C[C@]2([C@H](C)Cc3ccc(OC)c4occc34)OCOC2=CC1=O. The van der Waals surface area contributed by atoms with Crippen LogP contribution in [0.25, 0.3) is 11.0 Å². The van der Waals surface area contributed by atoms with Gasteiger partial charge < -0.3 is 18.6 Å². The van der Waals surface area contributed by atoms with Crippen molar-refractivity contribution < 1.29 is 23.4 Å². The zero-order valence-electron chi connectivity index (χ0n) is 15.7. The summed E-state index contributed by atoms with van der Waals surface area (Å²) in [5, 5.41) is 1.04. The molecule has 4 rings (SSSR count). The third-order valence-electron chi connectivity index (χ3n) is 5.84. The van der Waals surface area contributed by atoms with Crippen LogP contribution in [0.5, 0.6) is 5.75 Å². The standard InChI is InChI=1S/C22H24O5/c1-4-5-16-12-22(20(11-18(16)23)26-13-27-22)14(2)10-15-6-7-19(24-3)21-17(15)8-9-25-21/h4,6-9,11,14,16H,1,5,10,12-13H2,2-3H3/t14-,16+,22-/m1/s1. The van der Waals surface area contributed by atoms with Crippen molar-refractivity contribution in [3.63, 3.8) is 0 Å². The molecule has 5 heteroatoms.